The van der Waals surface area contributed by atoms with Gasteiger partial charge in [-0.25, -0.2) is 9.59 Å². The van der Waals surface area contributed by atoms with Gasteiger partial charge in [0.25, 0.3) is 17.3 Å². The normalized spacial score (nSPS) is 37.8. The number of methoxy groups -OCH3 is 1. The van der Waals surface area contributed by atoms with E-state index >= 15 is 0 Å². The summed E-state index contributed by atoms with van der Waals surface area (Å²) in [6.45, 7) is 18.4. The molecule has 4 fully saturated rings. The highest BCUT2D eigenvalue weighted by Crippen LogP contribution is 2.42. The van der Waals surface area contributed by atoms with Gasteiger partial charge in [0.15, 0.2) is 30.4 Å². The molecule has 0 spiro atoms. The molecule has 4 aliphatic heterocycles. The molecule has 0 aliphatic carbocycles. The molecule has 5 rings (SSSR count). The number of hydrogen-bond acceptors (Lipinski definition) is 21. The maximum atomic E-state index is 14.8. The zero-order valence-electron chi connectivity index (χ0n) is 46.4. The maximum absolute atomic E-state index is 14.8. The van der Waals surface area contributed by atoms with Gasteiger partial charge in [0.2, 0.25) is 0 Å². The number of nitrogens with zero attached hydrogens (tertiary/aromatic N) is 4. The van der Waals surface area contributed by atoms with Crippen LogP contribution in [0, 0.1) is 38.0 Å². The minimum absolute atomic E-state index is 0.0233. The number of nitro benzene ring substituents is 2. The van der Waals surface area contributed by atoms with Crippen LogP contribution >= 0.6 is 0 Å². The predicted molar refractivity (Wildman–Crippen MR) is 271 cm³/mol. The van der Waals surface area contributed by atoms with Crippen molar-refractivity contribution in [2.45, 2.75) is 198 Å². The lowest BCUT2D eigenvalue weighted by molar-refractivity contribution is -0.394. The predicted octanol–water partition coefficient (Wildman–Crippen LogP) is 4.84. The molecule has 18 atom stereocenters. The average Bonchev–Trinajstić information content (AvgIpc) is 3.66. The molecule has 0 radical (unpaired) electrons. The van der Waals surface area contributed by atoms with E-state index in [-0.39, 0.29) is 56.0 Å². The number of esters is 1. The summed E-state index contributed by atoms with van der Waals surface area (Å²) in [5.74, 6) is -3.63. The number of ether oxygens (including phenoxy) is 9. The number of alkyl carbamates (subject to hydrolysis) is 1. The lowest BCUT2D eigenvalue weighted by Gasteiger charge is -2.49. The summed E-state index contributed by atoms with van der Waals surface area (Å²) in [7, 11) is 7.05. The van der Waals surface area contributed by atoms with Crippen molar-refractivity contribution in [2.24, 2.45) is 17.8 Å². The van der Waals surface area contributed by atoms with Gasteiger partial charge in [0.1, 0.15) is 17.8 Å². The molecular formula is C51H82N6O19. The van der Waals surface area contributed by atoms with Crippen LogP contribution in [0.5, 0.6) is 0 Å². The molecule has 0 aromatic heterocycles. The van der Waals surface area contributed by atoms with Crippen molar-refractivity contribution in [3.63, 3.8) is 0 Å². The van der Waals surface area contributed by atoms with Gasteiger partial charge in [0.05, 0.1) is 57.4 Å². The Morgan fingerprint density at radius 3 is 2.11 bits per heavy atom. The summed E-state index contributed by atoms with van der Waals surface area (Å²) in [4.78, 5) is 78.4. The number of aliphatic hydroxyl groups is 2. The molecule has 1 aromatic carbocycles. The van der Waals surface area contributed by atoms with E-state index in [1.807, 2.05) is 58.6 Å². The van der Waals surface area contributed by atoms with Crippen molar-refractivity contribution in [1.82, 2.24) is 20.4 Å². The van der Waals surface area contributed by atoms with Crippen LogP contribution in [0.4, 0.5) is 21.0 Å². The van der Waals surface area contributed by atoms with Crippen LogP contribution in [-0.2, 0) is 47.4 Å². The van der Waals surface area contributed by atoms with E-state index in [1.165, 1.54) is 7.11 Å². The van der Waals surface area contributed by atoms with Crippen molar-refractivity contribution < 1.29 is 81.9 Å². The van der Waals surface area contributed by atoms with E-state index in [2.05, 4.69) is 10.6 Å². The van der Waals surface area contributed by atoms with Crippen LogP contribution in [0.2, 0.25) is 0 Å². The van der Waals surface area contributed by atoms with E-state index in [9.17, 15) is 49.6 Å². The van der Waals surface area contributed by atoms with Gasteiger partial charge in [-0.1, -0.05) is 20.8 Å². The summed E-state index contributed by atoms with van der Waals surface area (Å²) >= 11 is 0. The monoisotopic (exact) mass is 1080 g/mol. The van der Waals surface area contributed by atoms with E-state index in [0.717, 1.165) is 18.2 Å². The fourth-order valence-corrected chi connectivity index (χ4v) is 11.4. The molecule has 25 nitrogen and oxygen atoms in total. The van der Waals surface area contributed by atoms with Gasteiger partial charge in [-0.05, 0) is 108 Å². The van der Waals surface area contributed by atoms with Crippen LogP contribution in [0.15, 0.2) is 18.2 Å². The number of carbonyl (C=O) groups is 4. The minimum Gasteiger partial charge on any atom is -0.458 e. The van der Waals surface area contributed by atoms with Crippen LogP contribution in [0.25, 0.3) is 0 Å². The van der Waals surface area contributed by atoms with Crippen LogP contribution in [0.3, 0.4) is 0 Å². The third-order valence-corrected chi connectivity index (χ3v) is 15.6. The fourth-order valence-electron chi connectivity index (χ4n) is 11.4. The number of non-ortho nitro benzene ring substituents is 2. The first-order chi connectivity index (χ1) is 35.5. The summed E-state index contributed by atoms with van der Waals surface area (Å²) in [6.07, 6.45) is -9.75. The maximum Gasteiger partial charge on any atom is 0.509 e. The summed E-state index contributed by atoms with van der Waals surface area (Å²) < 4.78 is 56.4. The number of likely N-dealkylation sites (N-methyl/N-ethyl adjacent to an activating group) is 2. The highest BCUT2D eigenvalue weighted by atomic mass is 16.8. The number of nitrogens with one attached hydrogen (secondary N) is 2. The minimum atomic E-state index is -1.66. The Morgan fingerprint density at radius 1 is 0.908 bits per heavy atom. The number of benzene rings is 1. The molecule has 0 unspecified atom stereocenters. The second-order valence-corrected chi connectivity index (χ2v) is 22.1. The number of nitro groups is 2. The van der Waals surface area contributed by atoms with Gasteiger partial charge in [-0.3, -0.25) is 34.7 Å². The van der Waals surface area contributed by atoms with Crippen LogP contribution in [0.1, 0.15) is 118 Å². The number of unbranched alkanes of at least 4 members (excludes halogenated alkanes) is 1. The Morgan fingerprint density at radius 2 is 1.53 bits per heavy atom. The highest BCUT2D eigenvalue weighted by Gasteiger charge is 2.58. The van der Waals surface area contributed by atoms with E-state index in [0.29, 0.717) is 25.8 Å². The van der Waals surface area contributed by atoms with Gasteiger partial charge < -0.3 is 68.4 Å². The number of amides is 2. The van der Waals surface area contributed by atoms with Crippen LogP contribution < -0.4 is 10.6 Å². The third kappa shape index (κ3) is 14.6. The summed E-state index contributed by atoms with van der Waals surface area (Å²) in [6, 6.07) is 1.89. The molecule has 0 bridgehead atoms. The first-order valence-electron chi connectivity index (χ1n) is 26.2. The summed E-state index contributed by atoms with van der Waals surface area (Å²) in [5, 5.41) is 52.3. The Labute approximate surface area is 444 Å². The molecule has 4 saturated heterocycles. The molecule has 4 N–H and O–H groups in total. The molecule has 25 heteroatoms. The van der Waals surface area contributed by atoms with E-state index in [4.69, 9.17) is 42.6 Å². The number of aliphatic hydroxyl groups excluding tert-OH is 1. The van der Waals surface area contributed by atoms with Crippen molar-refractivity contribution in [3.8, 4) is 0 Å². The molecule has 76 heavy (non-hydrogen) atoms. The Bertz CT molecular complexity index is 2170. The average molecular weight is 1080 g/mol. The zero-order valence-corrected chi connectivity index (χ0v) is 46.4. The second-order valence-electron chi connectivity index (χ2n) is 22.1. The van der Waals surface area contributed by atoms with Gasteiger partial charge in [-0.2, -0.15) is 0 Å². The topological polar surface area (TPSA) is 309 Å². The molecule has 430 valence electrons. The molecular weight excluding hydrogens is 1000 g/mol. The van der Waals surface area contributed by atoms with Gasteiger partial charge in [0, 0.05) is 63.3 Å². The van der Waals surface area contributed by atoms with Gasteiger partial charge >= 0.3 is 18.2 Å². The number of cyclic esters (lactones) is 1. The smallest absolute Gasteiger partial charge is 0.458 e. The molecule has 2 amide bonds. The lowest BCUT2D eigenvalue weighted by atomic mass is 9.77. The number of hydrogen-bond donors (Lipinski definition) is 4. The van der Waals surface area contributed by atoms with Crippen molar-refractivity contribution in [3.05, 3.63) is 44.0 Å². The van der Waals surface area contributed by atoms with Crippen LogP contribution in [-0.4, -0.2) is 192 Å². The van der Waals surface area contributed by atoms with E-state index < -0.39 is 135 Å². The lowest BCUT2D eigenvalue weighted by Crippen LogP contribution is -2.61. The fraction of sp³-hybridized carbons (Fsp3) is 0.804. The SMILES string of the molecule is CC[C@H]1OC(=O)[C@H](C)[C@@H](O[C@H]2C[C@@](C)(OC)[C@@H](OC(=O)NCCCCNC(=O)c3cc([N+](=O)[O-])cc([N+](=O)[O-])c3)[C@H](C)O2)[C@H](C)[C@@H](O[C@@H]2O[C@H](C)C[C@H](N(C)C)[C@H]2O)[C@](C)(O)C[C@@H](C)CN(C)[C@H](C)[C@H]2OC(=O)O[C@@]21C. The highest BCUT2D eigenvalue weighted by molar-refractivity contribution is 5.95. The Hall–Kier alpha value is -4.86. The first kappa shape index (κ1) is 62.0. The number of carbonyl (C=O) groups excluding carboxylic acids is 4. The largest absolute Gasteiger partial charge is 0.509 e. The second kappa shape index (κ2) is 25.7. The molecule has 4 aliphatic rings. The Kier molecular flexibility index (Phi) is 21.0. The number of rotatable bonds is 16. The molecule has 0 saturated carbocycles. The standard InChI is InChI=1S/C51H82N6O19/c1-15-37-51(10)42(75-48(62)76-51)31(6)55(13)26-27(2)24-49(8,63)41(73-46-39(58)36(54(11)12)20-28(3)69-46)29(4)40(30(5)45(60)71-37)72-38-25-50(9,68-14)43(32(7)70-38)74-47(61)53-19-17-16-18-52-44(59)33-21-34(56(64)65)23-35(22-33)57(66)67/h21-23,27-32,36-43,46,58,63H,15-20,24-26H2,1-14H3,(H,52,59)(H,53,61)/t27-,28-,29+,30-,31-,32+,36+,37-,38+,39-,40+,41-,42-,43+,46+,49-,50-,51-/m1/s1. The van der Waals surface area contributed by atoms with E-state index in [1.54, 1.807) is 41.5 Å². The Balaban J connectivity index is 1.36. The summed E-state index contributed by atoms with van der Waals surface area (Å²) in [5.41, 5.74) is -5.73. The van der Waals surface area contributed by atoms with Crippen molar-refractivity contribution in [1.29, 1.82) is 0 Å². The van der Waals surface area contributed by atoms with Crippen molar-refractivity contribution in [2.75, 3.05) is 47.9 Å². The number of fused-ring (bicyclic) bond motifs is 1. The first-order valence-corrected chi connectivity index (χ1v) is 26.2. The third-order valence-electron chi connectivity index (χ3n) is 15.6. The molecule has 4 heterocycles. The van der Waals surface area contributed by atoms with Crippen molar-refractivity contribution >= 4 is 35.5 Å². The zero-order chi connectivity index (χ0) is 56.8. The van der Waals surface area contributed by atoms with Gasteiger partial charge in [-0.15, -0.1) is 0 Å². The molecule has 1 aromatic rings. The quantitative estimate of drug-likeness (QED) is 0.0566.